The van der Waals surface area contributed by atoms with E-state index >= 15 is 0 Å². The second-order valence-electron chi connectivity index (χ2n) is 0.894. The van der Waals surface area contributed by atoms with Crippen LogP contribution in [0.4, 0.5) is 0 Å². The Hall–Kier alpha value is 2.28. The molecule has 0 saturated heterocycles. The van der Waals surface area contributed by atoms with Gasteiger partial charge in [-0.05, 0) is 0 Å². The molecule has 0 aromatic rings. The van der Waals surface area contributed by atoms with Gasteiger partial charge >= 0.3 is 69.2 Å². The molecule has 0 radical (unpaired) electrons. The molecule has 0 bridgehead atoms. The van der Waals surface area contributed by atoms with Crippen LogP contribution >= 0.6 is 15.6 Å². The van der Waals surface area contributed by atoms with Gasteiger partial charge in [0.15, 0.2) is 0 Å². The number of hydrogen-bond donors (Lipinski definition) is 0. The Morgan fingerprint density at radius 1 is 0.421 bits per heavy atom. The minimum atomic E-state index is -5.39. The molecule has 112 valence electrons. The predicted molar refractivity (Wildman–Crippen MR) is 54.2 cm³/mol. The maximum absolute atomic E-state index is 8.55. The van der Waals surface area contributed by atoms with Crippen molar-refractivity contribution in [2.45, 2.75) is 0 Å². The van der Waals surface area contributed by atoms with E-state index in [0.717, 1.165) is 0 Å². The molecule has 0 amide bonds. The van der Waals surface area contributed by atoms with Crippen molar-refractivity contribution in [3.8, 4) is 0 Å². The largest absolute Gasteiger partial charge is 2.00 e. The predicted octanol–water partition coefficient (Wildman–Crippen LogP) is -11.7. The fourth-order valence-corrected chi connectivity index (χ4v) is 0. The maximum atomic E-state index is 8.55. The minimum Gasteiger partial charge on any atom is -0.822 e. The maximum Gasteiger partial charge on any atom is 2.00 e. The second-order valence-corrected chi connectivity index (χ2v) is 2.68. The molecule has 0 heterocycles. The summed E-state index contributed by atoms with van der Waals surface area (Å²) in [6.45, 7) is 0. The number of hydrogen-bond acceptors (Lipinski definition) is 8. The van der Waals surface area contributed by atoms with E-state index in [4.69, 9.17) is 38.5 Å². The molecule has 0 unspecified atom stereocenters. The Balaban J connectivity index is -0.00000000508. The summed E-state index contributed by atoms with van der Waals surface area (Å²) in [5, 5.41) is 0. The van der Waals surface area contributed by atoms with Crippen molar-refractivity contribution in [3.63, 3.8) is 0 Å². The molecule has 0 aliphatic heterocycles. The van der Waals surface area contributed by atoms with Gasteiger partial charge < -0.3 is 71.3 Å². The van der Waals surface area contributed by atoms with Crippen LogP contribution in [0.3, 0.4) is 0 Å². The molecule has 19 heteroatoms. The molecule has 0 aromatic carbocycles. The van der Waals surface area contributed by atoms with Gasteiger partial charge in [0, 0.05) is 0 Å². The van der Waals surface area contributed by atoms with E-state index in [9.17, 15) is 0 Å². The van der Waals surface area contributed by atoms with Crippen molar-refractivity contribution in [1.29, 1.82) is 0 Å². The molecular weight excluding hydrogens is 359 g/mol. The molecule has 0 saturated carbocycles. The molecular formula is H12Mg3O14P2. The number of phosphoric acid groups is 2. The van der Waals surface area contributed by atoms with Crippen LogP contribution in [0.25, 0.3) is 0 Å². The van der Waals surface area contributed by atoms with E-state index in [1.807, 2.05) is 0 Å². The Kier molecular flexibility index (Phi) is 161. The molecule has 0 atom stereocenters. The van der Waals surface area contributed by atoms with Gasteiger partial charge in [-0.25, -0.2) is 0 Å². The number of rotatable bonds is 0. The van der Waals surface area contributed by atoms with Gasteiger partial charge in [0.05, 0.1) is 0 Å². The fourth-order valence-electron chi connectivity index (χ4n) is 0. The summed E-state index contributed by atoms with van der Waals surface area (Å²) in [7, 11) is -10.8. The molecule has 19 heavy (non-hydrogen) atoms. The zero-order valence-corrected chi connectivity index (χ0v) is 15.3. The van der Waals surface area contributed by atoms with Crippen LogP contribution in [0.1, 0.15) is 0 Å². The van der Waals surface area contributed by atoms with Crippen molar-refractivity contribution in [2.24, 2.45) is 0 Å². The second kappa shape index (κ2) is 37.0. The van der Waals surface area contributed by atoms with Crippen molar-refractivity contribution in [2.75, 3.05) is 0 Å². The fraction of sp³-hybridized carbons (Fsp3) is 0. The first-order valence-electron chi connectivity index (χ1n) is 1.46. The van der Waals surface area contributed by atoms with E-state index in [0.29, 0.717) is 0 Å². The molecule has 0 aliphatic rings. The van der Waals surface area contributed by atoms with Crippen molar-refractivity contribution in [1.82, 2.24) is 0 Å². The van der Waals surface area contributed by atoms with Gasteiger partial charge in [0.25, 0.3) is 0 Å². The molecule has 12 N–H and O–H groups in total. The van der Waals surface area contributed by atoms with E-state index < -0.39 is 15.6 Å². The van der Waals surface area contributed by atoms with Gasteiger partial charge in [-0.3, -0.25) is 0 Å². The van der Waals surface area contributed by atoms with E-state index in [1.54, 1.807) is 0 Å². The van der Waals surface area contributed by atoms with Gasteiger partial charge in [0.1, 0.15) is 0 Å². The third kappa shape index (κ3) is 1300. The molecule has 0 aromatic heterocycles. The first-order chi connectivity index (χ1) is 4.00. The first-order valence-corrected chi connectivity index (χ1v) is 4.38. The first kappa shape index (κ1) is 82.8. The SMILES string of the molecule is O.O.O.O.O.O.O=P([O-])([O-])[O-].O=P([O-])([O-])[O-].[Mg+2].[Mg+2].[Mg+2]. The topological polar surface area (TPSA) is 362 Å². The van der Waals surface area contributed by atoms with Crippen molar-refractivity contribution < 1.29 is 71.3 Å². The normalized spacial score (nSPS) is 6.21. The molecule has 0 rings (SSSR count). The van der Waals surface area contributed by atoms with Crippen LogP contribution in [0, 0.1) is 0 Å². The zero-order valence-electron chi connectivity index (χ0n) is 9.28. The Morgan fingerprint density at radius 3 is 0.421 bits per heavy atom. The smallest absolute Gasteiger partial charge is 0.822 e. The summed E-state index contributed by atoms with van der Waals surface area (Å²) in [6, 6.07) is 0. The summed E-state index contributed by atoms with van der Waals surface area (Å²) in [5.74, 6) is 0. The average molecular weight is 371 g/mol. The van der Waals surface area contributed by atoms with Crippen LogP contribution in [-0.2, 0) is 9.13 Å². The quantitative estimate of drug-likeness (QED) is 0.289. The van der Waals surface area contributed by atoms with Crippen LogP contribution in [0.2, 0.25) is 0 Å². The Morgan fingerprint density at radius 2 is 0.421 bits per heavy atom. The van der Waals surface area contributed by atoms with Crippen LogP contribution in [0.15, 0.2) is 0 Å². The van der Waals surface area contributed by atoms with Crippen LogP contribution < -0.4 is 29.4 Å². The van der Waals surface area contributed by atoms with Gasteiger partial charge in [-0.2, -0.15) is 15.6 Å². The average Bonchev–Trinajstić information content (AvgIpc) is 1.12. The monoisotopic (exact) mass is 370 g/mol. The molecule has 0 fully saturated rings. The van der Waals surface area contributed by atoms with Crippen LogP contribution in [0.5, 0.6) is 0 Å². The van der Waals surface area contributed by atoms with Crippen LogP contribution in [-0.4, -0.2) is 102 Å². The molecule has 0 spiro atoms. The van der Waals surface area contributed by atoms with Crippen molar-refractivity contribution in [3.05, 3.63) is 0 Å². The Labute approximate surface area is 155 Å². The van der Waals surface area contributed by atoms with Crippen molar-refractivity contribution >= 4 is 84.8 Å². The summed E-state index contributed by atoms with van der Waals surface area (Å²) in [4.78, 5) is 51.3. The third-order valence-electron chi connectivity index (χ3n) is 0. The summed E-state index contributed by atoms with van der Waals surface area (Å²) in [6.07, 6.45) is 0. The van der Waals surface area contributed by atoms with E-state index in [-0.39, 0.29) is 102 Å². The van der Waals surface area contributed by atoms with E-state index in [1.165, 1.54) is 0 Å². The van der Waals surface area contributed by atoms with Gasteiger partial charge in [-0.1, -0.05) is 0 Å². The zero-order chi connectivity index (χ0) is 9.00. The van der Waals surface area contributed by atoms with Gasteiger partial charge in [0.2, 0.25) is 0 Å². The summed E-state index contributed by atoms with van der Waals surface area (Å²) in [5.41, 5.74) is 0. The minimum absolute atomic E-state index is 0. The standard InChI is InChI=1S/3Mg.2H3O4P.6H2O/c;;;2*1-5(2,3)4;;;;;;/h;;;2*(H3,1,2,3,4);6*1H2/q3*+2;;;;;;;;/p-6. The summed E-state index contributed by atoms with van der Waals surface area (Å²) < 4.78 is 17.1. The summed E-state index contributed by atoms with van der Waals surface area (Å²) >= 11 is 0. The molecule has 0 aliphatic carbocycles. The third-order valence-corrected chi connectivity index (χ3v) is 0. The van der Waals surface area contributed by atoms with Gasteiger partial charge in [-0.15, -0.1) is 0 Å². The Bertz CT molecular complexity index is 133. The molecule has 14 nitrogen and oxygen atoms in total. The van der Waals surface area contributed by atoms with E-state index in [2.05, 4.69) is 0 Å².